The Balaban J connectivity index is 1.32. The van der Waals surface area contributed by atoms with E-state index in [1.807, 2.05) is 25.1 Å². The Hall–Kier alpha value is -4.13. The molecule has 0 aliphatic carbocycles. The van der Waals surface area contributed by atoms with Crippen LogP contribution in [0.3, 0.4) is 0 Å². The van der Waals surface area contributed by atoms with Crippen LogP contribution in [0.2, 0.25) is 5.02 Å². The average molecular weight is 573 g/mol. The molecule has 9 nitrogen and oxygen atoms in total. The van der Waals surface area contributed by atoms with Crippen molar-refractivity contribution in [1.82, 2.24) is 19.9 Å². The molecule has 2 N–H and O–H groups in total. The number of carbonyl (C=O) groups is 1. The van der Waals surface area contributed by atoms with Crippen LogP contribution in [0.25, 0.3) is 16.6 Å². The molecule has 3 aromatic heterocycles. The highest BCUT2D eigenvalue weighted by Crippen LogP contribution is 2.33. The molecule has 5 rings (SSSR count). The second-order valence-corrected chi connectivity index (χ2v) is 11.9. The number of rotatable bonds is 7. The number of anilines is 1. The number of fused-ring (bicyclic) bond motifs is 1. The van der Waals surface area contributed by atoms with E-state index in [4.69, 9.17) is 21.3 Å². The predicted molar refractivity (Wildman–Crippen MR) is 158 cm³/mol. The van der Waals surface area contributed by atoms with E-state index in [0.717, 1.165) is 48.4 Å². The van der Waals surface area contributed by atoms with E-state index in [1.54, 1.807) is 49.0 Å². The van der Waals surface area contributed by atoms with Crippen molar-refractivity contribution >= 4 is 28.8 Å². The van der Waals surface area contributed by atoms with Crippen LogP contribution in [0.15, 0.2) is 55.0 Å². The molecule has 1 amide bonds. The molecule has 0 radical (unpaired) electrons. The molecular formula is C31H33ClN6O3. The maximum absolute atomic E-state index is 13.0. The molecular weight excluding hydrogens is 540 g/mol. The molecule has 1 saturated heterocycles. The Kier molecular flexibility index (Phi) is 7.64. The van der Waals surface area contributed by atoms with E-state index >= 15 is 0 Å². The van der Waals surface area contributed by atoms with Crippen LogP contribution in [-0.4, -0.2) is 56.4 Å². The molecule has 212 valence electrons. The van der Waals surface area contributed by atoms with Gasteiger partial charge >= 0.3 is 0 Å². The van der Waals surface area contributed by atoms with E-state index in [1.165, 1.54) is 6.20 Å². The third kappa shape index (κ3) is 6.14. The van der Waals surface area contributed by atoms with Crippen LogP contribution >= 0.6 is 11.6 Å². The first kappa shape index (κ1) is 28.4. The van der Waals surface area contributed by atoms with Gasteiger partial charge in [-0.05, 0) is 76.4 Å². The van der Waals surface area contributed by atoms with Gasteiger partial charge in [0, 0.05) is 46.5 Å². The summed E-state index contributed by atoms with van der Waals surface area (Å²) >= 11 is 6.22. The third-order valence-corrected chi connectivity index (χ3v) is 7.89. The van der Waals surface area contributed by atoms with Gasteiger partial charge in [0.15, 0.2) is 0 Å². The Morgan fingerprint density at radius 1 is 1.24 bits per heavy atom. The summed E-state index contributed by atoms with van der Waals surface area (Å²) in [4.78, 5) is 20.0. The Bertz CT molecular complexity index is 1630. The lowest BCUT2D eigenvalue weighted by Crippen LogP contribution is -2.53. The topological polar surface area (TPSA) is 116 Å². The minimum Gasteiger partial charge on any atom is -0.489 e. The summed E-state index contributed by atoms with van der Waals surface area (Å²) in [7, 11) is 0. The maximum atomic E-state index is 13.0. The number of aliphatic hydroxyl groups is 1. The van der Waals surface area contributed by atoms with Crippen LogP contribution in [0.1, 0.15) is 55.1 Å². The number of aromatic nitrogens is 3. The summed E-state index contributed by atoms with van der Waals surface area (Å²) < 4.78 is 7.45. The molecule has 1 fully saturated rings. The van der Waals surface area contributed by atoms with E-state index in [0.29, 0.717) is 27.4 Å². The van der Waals surface area contributed by atoms with Crippen molar-refractivity contribution in [3.63, 3.8) is 0 Å². The Labute approximate surface area is 244 Å². The fourth-order valence-electron chi connectivity index (χ4n) is 5.02. The minimum absolute atomic E-state index is 0.106. The molecule has 4 heterocycles. The molecule has 0 unspecified atom stereocenters. The summed E-state index contributed by atoms with van der Waals surface area (Å²) in [6.45, 7) is 8.87. The molecule has 0 atom stereocenters. The van der Waals surface area contributed by atoms with Crippen molar-refractivity contribution in [2.75, 3.05) is 24.6 Å². The Morgan fingerprint density at radius 2 is 2.00 bits per heavy atom. The van der Waals surface area contributed by atoms with Crippen molar-refractivity contribution in [2.45, 2.75) is 51.7 Å². The number of nitriles is 1. The molecule has 1 aliphatic rings. The molecule has 0 saturated carbocycles. The quantitative estimate of drug-likeness (QED) is 0.314. The van der Waals surface area contributed by atoms with E-state index in [-0.39, 0.29) is 18.1 Å². The van der Waals surface area contributed by atoms with Crippen LogP contribution in [0.4, 0.5) is 5.82 Å². The van der Waals surface area contributed by atoms with Crippen molar-refractivity contribution in [2.24, 2.45) is 0 Å². The highest BCUT2D eigenvalue weighted by molar-refractivity contribution is 6.31. The first-order valence-electron chi connectivity index (χ1n) is 13.5. The molecule has 0 spiro atoms. The van der Waals surface area contributed by atoms with Crippen LogP contribution in [0.5, 0.6) is 5.75 Å². The summed E-state index contributed by atoms with van der Waals surface area (Å²) in [5.41, 5.74) is 2.73. The number of halogens is 1. The largest absolute Gasteiger partial charge is 0.489 e. The first-order valence-corrected chi connectivity index (χ1v) is 13.9. The maximum Gasteiger partial charge on any atom is 0.252 e. The standard InChI is InChI=1S/C31H33ClN6O3/c1-20-24(6-5-7-26(20)32)29(39)36-31(4)10-12-37(13-11-31)27-9-8-21(16-34-27)25-14-23(41-19-30(2,3)40)18-38-28(25)22(15-33)17-35-38/h5-9,14,16-18,40H,10-13,19H2,1-4H3,(H,36,39). The van der Waals surface area contributed by atoms with Gasteiger partial charge in [-0.25, -0.2) is 9.50 Å². The normalized spacial score (nSPS) is 15.0. The predicted octanol–water partition coefficient (Wildman–Crippen LogP) is 5.17. The van der Waals surface area contributed by atoms with E-state index in [2.05, 4.69) is 28.3 Å². The fourth-order valence-corrected chi connectivity index (χ4v) is 5.19. The number of ether oxygens (including phenoxy) is 1. The van der Waals surface area contributed by atoms with Crippen LogP contribution in [0, 0.1) is 18.3 Å². The summed E-state index contributed by atoms with van der Waals surface area (Å²) in [5, 5.41) is 27.9. The molecule has 41 heavy (non-hydrogen) atoms. The molecule has 4 aromatic rings. The monoisotopic (exact) mass is 572 g/mol. The SMILES string of the molecule is Cc1c(Cl)cccc1C(=O)NC1(C)CCN(c2ccc(-c3cc(OCC(C)(C)O)cn4ncc(C#N)c34)cn2)CC1. The summed E-state index contributed by atoms with van der Waals surface area (Å²) in [5.74, 6) is 1.25. The van der Waals surface area contributed by atoms with Gasteiger partial charge in [-0.2, -0.15) is 10.4 Å². The van der Waals surface area contributed by atoms with Gasteiger partial charge < -0.3 is 20.1 Å². The van der Waals surface area contributed by atoms with Gasteiger partial charge in [0.25, 0.3) is 5.91 Å². The number of pyridine rings is 2. The first-order chi connectivity index (χ1) is 19.5. The smallest absolute Gasteiger partial charge is 0.252 e. The van der Waals surface area contributed by atoms with Gasteiger partial charge in [-0.3, -0.25) is 4.79 Å². The van der Waals surface area contributed by atoms with Crippen LogP contribution < -0.4 is 15.0 Å². The minimum atomic E-state index is -0.998. The summed E-state index contributed by atoms with van der Waals surface area (Å²) in [6, 6.07) is 13.4. The molecule has 10 heteroatoms. The Morgan fingerprint density at radius 3 is 2.66 bits per heavy atom. The number of piperidine rings is 1. The number of carbonyl (C=O) groups excluding carboxylic acids is 1. The molecule has 1 aliphatic heterocycles. The van der Waals surface area contributed by atoms with E-state index in [9.17, 15) is 15.2 Å². The zero-order valence-corrected chi connectivity index (χ0v) is 24.4. The van der Waals surface area contributed by atoms with Crippen molar-refractivity contribution < 1.29 is 14.6 Å². The second kappa shape index (κ2) is 11.0. The fraction of sp³-hybridized carbons (Fsp3) is 0.355. The van der Waals surface area contributed by atoms with Crippen molar-refractivity contribution in [3.8, 4) is 22.9 Å². The van der Waals surface area contributed by atoms with Gasteiger partial charge in [0.2, 0.25) is 0 Å². The van der Waals surface area contributed by atoms with E-state index < -0.39 is 5.60 Å². The highest BCUT2D eigenvalue weighted by atomic mass is 35.5. The number of nitrogens with one attached hydrogen (secondary N) is 1. The van der Waals surface area contributed by atoms with Crippen LogP contribution in [-0.2, 0) is 0 Å². The van der Waals surface area contributed by atoms with Crippen molar-refractivity contribution in [1.29, 1.82) is 5.26 Å². The molecule has 1 aromatic carbocycles. The lowest BCUT2D eigenvalue weighted by molar-refractivity contribution is 0.0283. The lowest BCUT2D eigenvalue weighted by Gasteiger charge is -2.40. The number of hydrogen-bond acceptors (Lipinski definition) is 7. The van der Waals surface area contributed by atoms with Gasteiger partial charge in [0.1, 0.15) is 24.2 Å². The number of hydrogen-bond donors (Lipinski definition) is 2. The lowest BCUT2D eigenvalue weighted by atomic mass is 9.89. The van der Waals surface area contributed by atoms with Gasteiger partial charge in [-0.15, -0.1) is 0 Å². The number of benzene rings is 1. The van der Waals surface area contributed by atoms with Gasteiger partial charge in [0.05, 0.1) is 29.1 Å². The third-order valence-electron chi connectivity index (χ3n) is 7.48. The molecule has 0 bridgehead atoms. The second-order valence-electron chi connectivity index (χ2n) is 11.5. The summed E-state index contributed by atoms with van der Waals surface area (Å²) in [6.07, 6.45) is 6.55. The van der Waals surface area contributed by atoms with Crippen molar-refractivity contribution in [3.05, 3.63) is 76.7 Å². The van der Waals surface area contributed by atoms with Gasteiger partial charge in [-0.1, -0.05) is 17.7 Å². The number of amides is 1. The average Bonchev–Trinajstić information content (AvgIpc) is 3.36. The zero-order chi connectivity index (χ0) is 29.4. The highest BCUT2D eigenvalue weighted by Gasteiger charge is 2.32. The zero-order valence-electron chi connectivity index (χ0n) is 23.6. The number of nitrogens with zero attached hydrogens (tertiary/aromatic N) is 5.